The minimum atomic E-state index is -0.0647. The lowest BCUT2D eigenvalue weighted by atomic mass is 10.2. The summed E-state index contributed by atoms with van der Waals surface area (Å²) >= 11 is 1.65. The molecule has 1 fully saturated rings. The van der Waals surface area contributed by atoms with Crippen molar-refractivity contribution in [2.24, 2.45) is 0 Å². The van der Waals surface area contributed by atoms with Crippen LogP contribution in [-0.2, 0) is 9.59 Å². The lowest BCUT2D eigenvalue weighted by Gasteiger charge is -2.26. The molecule has 1 aromatic rings. The molecular weight excluding hydrogens is 274 g/mol. The molecule has 110 valence electrons. The molecule has 0 N–H and O–H groups in total. The monoisotopic (exact) mass is 295 g/mol. The summed E-state index contributed by atoms with van der Waals surface area (Å²) in [6.07, 6.45) is 1.42. The minimum absolute atomic E-state index is 0.0298. The van der Waals surface area contributed by atoms with Gasteiger partial charge in [-0.1, -0.05) is 0 Å². The van der Waals surface area contributed by atoms with E-state index in [0.717, 1.165) is 22.0 Å². The van der Waals surface area contributed by atoms with Gasteiger partial charge in [-0.15, -0.1) is 11.3 Å². The van der Waals surface area contributed by atoms with Crippen LogP contribution in [-0.4, -0.2) is 46.7 Å². The van der Waals surface area contributed by atoms with E-state index >= 15 is 0 Å². The lowest BCUT2D eigenvalue weighted by molar-refractivity contribution is -0.138. The molecule has 2 heterocycles. The molecule has 0 aliphatic carbocycles. The SMILES string of the molecule is Cc1nc(C(C)N(C)C(=O)CN2CCCC2=O)c(C)s1. The van der Waals surface area contributed by atoms with E-state index in [-0.39, 0.29) is 24.4 Å². The van der Waals surface area contributed by atoms with Gasteiger partial charge in [-0.25, -0.2) is 4.98 Å². The van der Waals surface area contributed by atoms with E-state index in [1.165, 1.54) is 0 Å². The van der Waals surface area contributed by atoms with Crippen molar-refractivity contribution in [3.63, 3.8) is 0 Å². The van der Waals surface area contributed by atoms with Gasteiger partial charge in [0.1, 0.15) is 0 Å². The zero-order valence-electron chi connectivity index (χ0n) is 12.5. The smallest absolute Gasteiger partial charge is 0.242 e. The first-order chi connectivity index (χ1) is 9.40. The number of aryl methyl sites for hydroxylation is 2. The van der Waals surface area contributed by atoms with Crippen LogP contribution in [0.15, 0.2) is 0 Å². The van der Waals surface area contributed by atoms with E-state index in [2.05, 4.69) is 4.98 Å². The van der Waals surface area contributed by atoms with E-state index in [9.17, 15) is 9.59 Å². The molecule has 20 heavy (non-hydrogen) atoms. The molecule has 0 aromatic carbocycles. The number of aromatic nitrogens is 1. The molecular formula is C14H21N3O2S. The quantitative estimate of drug-likeness (QED) is 0.852. The summed E-state index contributed by atoms with van der Waals surface area (Å²) in [7, 11) is 1.78. The zero-order valence-corrected chi connectivity index (χ0v) is 13.3. The molecule has 0 spiro atoms. The summed E-state index contributed by atoms with van der Waals surface area (Å²) < 4.78 is 0. The predicted octanol–water partition coefficient (Wildman–Crippen LogP) is 1.90. The molecule has 5 nitrogen and oxygen atoms in total. The summed E-state index contributed by atoms with van der Waals surface area (Å²) in [6.45, 7) is 6.85. The topological polar surface area (TPSA) is 53.5 Å². The summed E-state index contributed by atoms with van der Waals surface area (Å²) in [5, 5.41) is 1.01. The zero-order chi connectivity index (χ0) is 14.9. The van der Waals surface area contributed by atoms with Crippen molar-refractivity contribution in [1.82, 2.24) is 14.8 Å². The van der Waals surface area contributed by atoms with Crippen LogP contribution in [0.5, 0.6) is 0 Å². The van der Waals surface area contributed by atoms with Crippen LogP contribution in [0, 0.1) is 13.8 Å². The first-order valence-electron chi connectivity index (χ1n) is 6.87. The third kappa shape index (κ3) is 3.00. The van der Waals surface area contributed by atoms with Gasteiger partial charge in [0.15, 0.2) is 0 Å². The van der Waals surface area contributed by atoms with Gasteiger partial charge in [-0.05, 0) is 27.2 Å². The van der Waals surface area contributed by atoms with E-state index in [0.29, 0.717) is 13.0 Å². The van der Waals surface area contributed by atoms with Crippen LogP contribution in [0.1, 0.15) is 41.4 Å². The second-order valence-electron chi connectivity index (χ2n) is 5.27. The number of hydrogen-bond donors (Lipinski definition) is 0. The van der Waals surface area contributed by atoms with Crippen LogP contribution >= 0.6 is 11.3 Å². The second kappa shape index (κ2) is 5.91. The van der Waals surface area contributed by atoms with Gasteiger partial charge in [0.2, 0.25) is 11.8 Å². The van der Waals surface area contributed by atoms with E-state index in [4.69, 9.17) is 0 Å². The molecule has 1 aliphatic heterocycles. The Bertz CT molecular complexity index is 526. The van der Waals surface area contributed by atoms with Gasteiger partial charge in [-0.2, -0.15) is 0 Å². The Morgan fingerprint density at radius 2 is 2.20 bits per heavy atom. The maximum atomic E-state index is 12.3. The number of nitrogens with zero attached hydrogens (tertiary/aromatic N) is 3. The molecule has 1 aliphatic rings. The minimum Gasteiger partial charge on any atom is -0.336 e. The first kappa shape index (κ1) is 15.0. The van der Waals surface area contributed by atoms with Crippen molar-refractivity contribution in [3.05, 3.63) is 15.6 Å². The van der Waals surface area contributed by atoms with Crippen LogP contribution < -0.4 is 0 Å². The highest BCUT2D eigenvalue weighted by Gasteiger charge is 2.27. The maximum Gasteiger partial charge on any atom is 0.242 e. The highest BCUT2D eigenvalue weighted by Crippen LogP contribution is 2.26. The van der Waals surface area contributed by atoms with Gasteiger partial charge < -0.3 is 9.80 Å². The van der Waals surface area contributed by atoms with Crippen LogP contribution in [0.2, 0.25) is 0 Å². The number of likely N-dealkylation sites (tertiary alicyclic amines) is 1. The van der Waals surface area contributed by atoms with E-state index in [1.807, 2.05) is 20.8 Å². The predicted molar refractivity (Wildman–Crippen MR) is 78.6 cm³/mol. The first-order valence-corrected chi connectivity index (χ1v) is 7.69. The molecule has 6 heteroatoms. The number of carbonyl (C=O) groups excluding carboxylic acids is 2. The summed E-state index contributed by atoms with van der Waals surface area (Å²) in [5.41, 5.74) is 0.955. The lowest BCUT2D eigenvalue weighted by Crippen LogP contribution is -2.40. The molecule has 1 unspecified atom stereocenters. The number of likely N-dealkylation sites (N-methyl/N-ethyl adjacent to an activating group) is 1. The van der Waals surface area contributed by atoms with Crippen LogP contribution in [0.4, 0.5) is 0 Å². The molecule has 1 atom stereocenters. The Balaban J connectivity index is 2.02. The molecule has 2 rings (SSSR count). The van der Waals surface area contributed by atoms with Gasteiger partial charge >= 0.3 is 0 Å². The highest BCUT2D eigenvalue weighted by atomic mass is 32.1. The number of amides is 2. The normalized spacial score (nSPS) is 16.6. The number of hydrogen-bond acceptors (Lipinski definition) is 4. The molecule has 0 saturated carbocycles. The van der Waals surface area contributed by atoms with Crippen molar-refractivity contribution in [3.8, 4) is 0 Å². The fraction of sp³-hybridized carbons (Fsp3) is 0.643. The van der Waals surface area contributed by atoms with Crippen molar-refractivity contribution >= 4 is 23.2 Å². The Morgan fingerprint density at radius 3 is 2.70 bits per heavy atom. The molecule has 0 radical (unpaired) electrons. The van der Waals surface area contributed by atoms with Crippen molar-refractivity contribution in [2.75, 3.05) is 20.1 Å². The average molecular weight is 295 g/mol. The van der Waals surface area contributed by atoms with Gasteiger partial charge in [0, 0.05) is 24.9 Å². The second-order valence-corrected chi connectivity index (χ2v) is 6.68. The molecule has 2 amide bonds. The van der Waals surface area contributed by atoms with Crippen LogP contribution in [0.25, 0.3) is 0 Å². The summed E-state index contributed by atoms with van der Waals surface area (Å²) in [4.78, 5) is 32.8. The molecule has 1 aromatic heterocycles. The standard InChI is InChI=1S/C14H21N3O2S/c1-9(14-10(2)20-11(3)15-14)16(4)13(19)8-17-7-5-6-12(17)18/h9H,5-8H2,1-4H3. The van der Waals surface area contributed by atoms with Gasteiger partial charge in [0.25, 0.3) is 0 Å². The van der Waals surface area contributed by atoms with Crippen molar-refractivity contribution < 1.29 is 9.59 Å². The number of thiazole rings is 1. The Hall–Kier alpha value is -1.43. The highest BCUT2D eigenvalue weighted by molar-refractivity contribution is 7.11. The largest absolute Gasteiger partial charge is 0.336 e. The Morgan fingerprint density at radius 1 is 1.50 bits per heavy atom. The fourth-order valence-corrected chi connectivity index (χ4v) is 3.39. The Kier molecular flexibility index (Phi) is 4.42. The maximum absolute atomic E-state index is 12.3. The summed E-state index contributed by atoms with van der Waals surface area (Å²) in [5.74, 6) is 0.0536. The fourth-order valence-electron chi connectivity index (χ4n) is 2.48. The summed E-state index contributed by atoms with van der Waals surface area (Å²) in [6, 6.07) is -0.0647. The van der Waals surface area contributed by atoms with E-state index < -0.39 is 0 Å². The van der Waals surface area contributed by atoms with Crippen molar-refractivity contribution in [1.29, 1.82) is 0 Å². The van der Waals surface area contributed by atoms with E-state index in [1.54, 1.807) is 28.2 Å². The third-order valence-electron chi connectivity index (χ3n) is 3.81. The molecule has 1 saturated heterocycles. The van der Waals surface area contributed by atoms with Gasteiger partial charge in [-0.3, -0.25) is 9.59 Å². The van der Waals surface area contributed by atoms with Crippen molar-refractivity contribution in [2.45, 2.75) is 39.7 Å². The number of carbonyl (C=O) groups is 2. The number of rotatable bonds is 4. The average Bonchev–Trinajstić information content (AvgIpc) is 2.94. The Labute approximate surface area is 123 Å². The molecule has 0 bridgehead atoms. The third-order valence-corrected chi connectivity index (χ3v) is 4.71. The van der Waals surface area contributed by atoms with Crippen LogP contribution in [0.3, 0.4) is 0 Å². The van der Waals surface area contributed by atoms with Gasteiger partial charge in [0.05, 0.1) is 23.3 Å².